The summed E-state index contributed by atoms with van der Waals surface area (Å²) < 4.78 is 7.17. The Balaban J connectivity index is 1.79. The SMILES string of the molecule is NCC1(c2cc(Br)ccc2OCC2CCC2)CC1. The summed E-state index contributed by atoms with van der Waals surface area (Å²) in [5.74, 6) is 1.82. The Morgan fingerprint density at radius 1 is 1.33 bits per heavy atom. The normalized spacial score (nSPS) is 21.4. The highest BCUT2D eigenvalue weighted by molar-refractivity contribution is 9.10. The third-order valence-electron chi connectivity index (χ3n) is 4.46. The number of benzene rings is 1. The molecule has 0 spiro atoms. The highest BCUT2D eigenvalue weighted by atomic mass is 79.9. The van der Waals surface area contributed by atoms with E-state index in [0.717, 1.165) is 29.3 Å². The molecule has 2 N–H and O–H groups in total. The Morgan fingerprint density at radius 2 is 2.11 bits per heavy atom. The molecular weight excluding hydrogens is 290 g/mol. The van der Waals surface area contributed by atoms with E-state index < -0.39 is 0 Å². The van der Waals surface area contributed by atoms with Crippen molar-refractivity contribution in [3.63, 3.8) is 0 Å². The van der Waals surface area contributed by atoms with Crippen molar-refractivity contribution in [3.8, 4) is 5.75 Å². The molecule has 1 aromatic carbocycles. The van der Waals surface area contributed by atoms with Crippen LogP contribution in [0.25, 0.3) is 0 Å². The van der Waals surface area contributed by atoms with Crippen LogP contribution in [0.1, 0.15) is 37.7 Å². The van der Waals surface area contributed by atoms with Crippen molar-refractivity contribution < 1.29 is 4.74 Å². The van der Waals surface area contributed by atoms with Gasteiger partial charge in [0, 0.05) is 22.0 Å². The van der Waals surface area contributed by atoms with Crippen LogP contribution in [0.2, 0.25) is 0 Å². The van der Waals surface area contributed by atoms with Gasteiger partial charge in [-0.05, 0) is 49.8 Å². The Hall–Kier alpha value is -0.540. The molecule has 3 rings (SSSR count). The van der Waals surface area contributed by atoms with Gasteiger partial charge in [0.1, 0.15) is 5.75 Å². The number of hydrogen-bond donors (Lipinski definition) is 1. The van der Waals surface area contributed by atoms with Crippen molar-refractivity contribution in [2.24, 2.45) is 11.7 Å². The van der Waals surface area contributed by atoms with E-state index in [-0.39, 0.29) is 5.41 Å². The van der Waals surface area contributed by atoms with Gasteiger partial charge in [0.15, 0.2) is 0 Å². The average molecular weight is 310 g/mol. The molecule has 2 saturated carbocycles. The number of nitrogens with two attached hydrogens (primary N) is 1. The van der Waals surface area contributed by atoms with Crippen LogP contribution in [0.3, 0.4) is 0 Å². The summed E-state index contributed by atoms with van der Waals surface area (Å²) in [4.78, 5) is 0. The first-order valence-electron chi connectivity index (χ1n) is 6.86. The molecule has 18 heavy (non-hydrogen) atoms. The summed E-state index contributed by atoms with van der Waals surface area (Å²) in [5.41, 5.74) is 7.44. The lowest BCUT2D eigenvalue weighted by Gasteiger charge is -2.26. The lowest BCUT2D eigenvalue weighted by molar-refractivity contribution is 0.178. The van der Waals surface area contributed by atoms with Crippen LogP contribution in [0, 0.1) is 5.92 Å². The van der Waals surface area contributed by atoms with Gasteiger partial charge in [0.2, 0.25) is 0 Å². The zero-order chi connectivity index (χ0) is 12.6. The molecule has 0 saturated heterocycles. The lowest BCUT2D eigenvalue weighted by atomic mass is 9.86. The monoisotopic (exact) mass is 309 g/mol. The fourth-order valence-electron chi connectivity index (χ4n) is 2.64. The number of rotatable bonds is 5. The second kappa shape index (κ2) is 4.86. The molecule has 2 aliphatic rings. The standard InChI is InChI=1S/C15H20BrNO/c16-12-4-5-14(18-9-11-2-1-3-11)13(8-12)15(10-17)6-7-15/h4-5,8,11H,1-3,6-7,9-10,17H2. The van der Waals surface area contributed by atoms with Gasteiger partial charge in [-0.2, -0.15) is 0 Å². The van der Waals surface area contributed by atoms with E-state index >= 15 is 0 Å². The van der Waals surface area contributed by atoms with E-state index in [2.05, 4.69) is 34.1 Å². The molecule has 1 aromatic rings. The number of hydrogen-bond acceptors (Lipinski definition) is 2. The van der Waals surface area contributed by atoms with Gasteiger partial charge in [0.25, 0.3) is 0 Å². The molecule has 0 amide bonds. The molecular formula is C15H20BrNO. The smallest absolute Gasteiger partial charge is 0.123 e. The minimum Gasteiger partial charge on any atom is -0.493 e. The molecule has 2 nitrogen and oxygen atoms in total. The highest BCUT2D eigenvalue weighted by Crippen LogP contribution is 2.51. The summed E-state index contributed by atoms with van der Waals surface area (Å²) in [6.07, 6.45) is 6.41. The molecule has 0 bridgehead atoms. The van der Waals surface area contributed by atoms with Gasteiger partial charge in [0.05, 0.1) is 6.61 Å². The van der Waals surface area contributed by atoms with Gasteiger partial charge < -0.3 is 10.5 Å². The summed E-state index contributed by atoms with van der Waals surface area (Å²) >= 11 is 3.55. The molecule has 0 aromatic heterocycles. The van der Waals surface area contributed by atoms with Crippen LogP contribution in [0.15, 0.2) is 22.7 Å². The second-order valence-corrected chi connectivity index (χ2v) is 6.65. The Morgan fingerprint density at radius 3 is 2.67 bits per heavy atom. The van der Waals surface area contributed by atoms with Crippen LogP contribution in [-0.4, -0.2) is 13.2 Å². The predicted octanol–water partition coefficient (Wildman–Crippen LogP) is 3.62. The fourth-order valence-corrected chi connectivity index (χ4v) is 3.00. The molecule has 0 aliphatic heterocycles. The van der Waals surface area contributed by atoms with Crippen molar-refractivity contribution in [1.82, 2.24) is 0 Å². The number of halogens is 1. The molecule has 0 radical (unpaired) electrons. The fraction of sp³-hybridized carbons (Fsp3) is 0.600. The van der Waals surface area contributed by atoms with Crippen LogP contribution < -0.4 is 10.5 Å². The van der Waals surface area contributed by atoms with E-state index in [1.807, 2.05) is 0 Å². The van der Waals surface area contributed by atoms with Crippen molar-refractivity contribution in [2.45, 2.75) is 37.5 Å². The maximum atomic E-state index is 6.05. The molecule has 2 fully saturated rings. The predicted molar refractivity (Wildman–Crippen MR) is 76.9 cm³/mol. The van der Waals surface area contributed by atoms with Crippen molar-refractivity contribution in [3.05, 3.63) is 28.2 Å². The zero-order valence-electron chi connectivity index (χ0n) is 10.6. The van der Waals surface area contributed by atoms with Gasteiger partial charge >= 0.3 is 0 Å². The Labute approximate surface area is 117 Å². The molecule has 98 valence electrons. The molecule has 2 aliphatic carbocycles. The van der Waals surface area contributed by atoms with Gasteiger partial charge in [-0.25, -0.2) is 0 Å². The summed E-state index contributed by atoms with van der Waals surface area (Å²) in [6.45, 7) is 1.60. The van der Waals surface area contributed by atoms with Crippen LogP contribution in [0.5, 0.6) is 5.75 Å². The van der Waals surface area contributed by atoms with Gasteiger partial charge in [-0.15, -0.1) is 0 Å². The second-order valence-electron chi connectivity index (χ2n) is 5.73. The number of ether oxygens (including phenoxy) is 1. The van der Waals surface area contributed by atoms with E-state index in [0.29, 0.717) is 0 Å². The van der Waals surface area contributed by atoms with E-state index in [1.54, 1.807) is 0 Å². The quantitative estimate of drug-likeness (QED) is 0.901. The third-order valence-corrected chi connectivity index (χ3v) is 4.95. The first kappa shape index (κ1) is 12.5. The van der Waals surface area contributed by atoms with Crippen LogP contribution >= 0.6 is 15.9 Å². The molecule has 0 heterocycles. The molecule has 0 unspecified atom stereocenters. The maximum absolute atomic E-state index is 6.05. The zero-order valence-corrected chi connectivity index (χ0v) is 12.2. The van der Waals surface area contributed by atoms with Crippen LogP contribution in [0.4, 0.5) is 0 Å². The van der Waals surface area contributed by atoms with Gasteiger partial charge in [-0.3, -0.25) is 0 Å². The third kappa shape index (κ3) is 2.30. The molecule has 3 heteroatoms. The minimum absolute atomic E-state index is 0.193. The van der Waals surface area contributed by atoms with Crippen molar-refractivity contribution in [2.75, 3.05) is 13.2 Å². The first-order valence-corrected chi connectivity index (χ1v) is 7.66. The van der Waals surface area contributed by atoms with Crippen LogP contribution in [-0.2, 0) is 5.41 Å². The summed E-state index contributed by atoms with van der Waals surface area (Å²) in [7, 11) is 0. The Kier molecular flexibility index (Phi) is 3.37. The van der Waals surface area contributed by atoms with E-state index in [9.17, 15) is 0 Å². The highest BCUT2D eigenvalue weighted by Gasteiger charge is 2.45. The summed E-state index contributed by atoms with van der Waals surface area (Å²) in [5, 5.41) is 0. The lowest BCUT2D eigenvalue weighted by Crippen LogP contribution is -2.23. The molecule has 0 atom stereocenters. The minimum atomic E-state index is 0.193. The Bertz CT molecular complexity index is 438. The van der Waals surface area contributed by atoms with Crippen molar-refractivity contribution >= 4 is 15.9 Å². The largest absolute Gasteiger partial charge is 0.493 e. The topological polar surface area (TPSA) is 35.2 Å². The van der Waals surface area contributed by atoms with Gasteiger partial charge in [-0.1, -0.05) is 22.4 Å². The maximum Gasteiger partial charge on any atom is 0.123 e. The van der Waals surface area contributed by atoms with E-state index in [1.165, 1.54) is 37.7 Å². The first-order chi connectivity index (χ1) is 8.73. The summed E-state index contributed by atoms with van der Waals surface area (Å²) in [6, 6.07) is 6.34. The average Bonchev–Trinajstić information content (AvgIpc) is 3.10. The van der Waals surface area contributed by atoms with Crippen molar-refractivity contribution in [1.29, 1.82) is 0 Å². The van der Waals surface area contributed by atoms with E-state index in [4.69, 9.17) is 10.5 Å².